The third-order valence-corrected chi connectivity index (χ3v) is 5.27. The normalized spacial score (nSPS) is 16.1. The molecule has 0 spiro atoms. The molecule has 1 aromatic rings. The predicted octanol–water partition coefficient (Wildman–Crippen LogP) is 2.71. The van der Waals surface area contributed by atoms with Gasteiger partial charge in [-0.2, -0.15) is 5.26 Å². The maximum atomic E-state index is 12.9. The zero-order chi connectivity index (χ0) is 21.6. The third-order valence-electron chi connectivity index (χ3n) is 5.27. The van der Waals surface area contributed by atoms with Crippen LogP contribution >= 0.6 is 0 Å². The van der Waals surface area contributed by atoms with E-state index in [1.807, 2.05) is 0 Å². The highest BCUT2D eigenvalue weighted by atomic mass is 16.5. The number of methoxy groups -OCH3 is 2. The lowest BCUT2D eigenvalue weighted by atomic mass is 9.81. The van der Waals surface area contributed by atoms with Crippen molar-refractivity contribution in [1.29, 1.82) is 5.26 Å². The summed E-state index contributed by atoms with van der Waals surface area (Å²) in [4.78, 5) is 38.2. The van der Waals surface area contributed by atoms with Crippen LogP contribution in [0.2, 0.25) is 0 Å². The van der Waals surface area contributed by atoms with Gasteiger partial charge in [0.1, 0.15) is 11.3 Å². The molecule has 1 atom stereocenters. The van der Waals surface area contributed by atoms with Crippen molar-refractivity contribution in [3.8, 4) is 11.8 Å². The van der Waals surface area contributed by atoms with E-state index in [2.05, 4.69) is 6.07 Å². The van der Waals surface area contributed by atoms with Crippen molar-refractivity contribution >= 4 is 17.8 Å². The average Bonchev–Trinajstić information content (AvgIpc) is 2.76. The van der Waals surface area contributed by atoms with Gasteiger partial charge in [0.05, 0.1) is 31.4 Å². The Morgan fingerprint density at radius 2 is 1.55 bits per heavy atom. The quantitative estimate of drug-likeness (QED) is 0.674. The lowest BCUT2D eigenvalue weighted by molar-refractivity contribution is -0.141. The van der Waals surface area contributed by atoms with E-state index in [9.17, 15) is 19.6 Å². The van der Waals surface area contributed by atoms with Crippen LogP contribution in [0.5, 0.6) is 5.75 Å². The largest absolute Gasteiger partial charge is 0.481 e. The molecule has 0 unspecified atom stereocenters. The van der Waals surface area contributed by atoms with Crippen LogP contribution in [-0.2, 0) is 14.3 Å². The summed E-state index contributed by atoms with van der Waals surface area (Å²) in [7, 11) is 4.06. The fourth-order valence-corrected chi connectivity index (χ4v) is 3.54. The number of rotatable bonds is 6. The van der Waals surface area contributed by atoms with Gasteiger partial charge in [-0.25, -0.2) is 9.59 Å². The summed E-state index contributed by atoms with van der Waals surface area (Å²) >= 11 is 0. The smallest absolute Gasteiger partial charge is 0.338 e. The Kier molecular flexibility index (Phi) is 7.21. The van der Waals surface area contributed by atoms with E-state index >= 15 is 0 Å². The topological polar surface area (TPSA) is 106 Å². The Hall–Kier alpha value is -3.08. The van der Waals surface area contributed by atoms with Crippen LogP contribution in [-0.4, -0.2) is 55.7 Å². The van der Waals surface area contributed by atoms with Gasteiger partial charge in [-0.3, -0.25) is 4.79 Å². The van der Waals surface area contributed by atoms with Crippen molar-refractivity contribution < 1.29 is 28.6 Å². The molecule has 29 heavy (non-hydrogen) atoms. The number of likely N-dealkylation sites (N-methyl/N-ethyl adjacent to an activating group) is 1. The van der Waals surface area contributed by atoms with Crippen LogP contribution in [0.1, 0.15) is 59.7 Å². The van der Waals surface area contributed by atoms with Crippen molar-refractivity contribution in [2.45, 2.75) is 50.7 Å². The van der Waals surface area contributed by atoms with E-state index in [4.69, 9.17) is 14.2 Å². The number of ether oxygens (including phenoxy) is 3. The summed E-state index contributed by atoms with van der Waals surface area (Å²) in [6, 6.07) is 6.42. The van der Waals surface area contributed by atoms with Gasteiger partial charge in [0.2, 0.25) is 0 Å². The van der Waals surface area contributed by atoms with Crippen LogP contribution in [0, 0.1) is 11.3 Å². The fourth-order valence-electron chi connectivity index (χ4n) is 3.54. The van der Waals surface area contributed by atoms with Gasteiger partial charge in [0, 0.05) is 7.05 Å². The molecule has 0 heterocycles. The Labute approximate surface area is 170 Å². The van der Waals surface area contributed by atoms with Crippen LogP contribution in [0.3, 0.4) is 0 Å². The third kappa shape index (κ3) is 4.86. The molecule has 156 valence electrons. The molecule has 0 N–H and O–H groups in total. The molecule has 8 nitrogen and oxygen atoms in total. The number of carbonyl (C=O) groups is 3. The van der Waals surface area contributed by atoms with Crippen molar-refractivity contribution in [2.24, 2.45) is 0 Å². The molecule has 1 fully saturated rings. The Morgan fingerprint density at radius 1 is 1.03 bits per heavy atom. The van der Waals surface area contributed by atoms with Crippen molar-refractivity contribution in [3.05, 3.63) is 29.3 Å². The van der Waals surface area contributed by atoms with Gasteiger partial charge >= 0.3 is 11.9 Å². The summed E-state index contributed by atoms with van der Waals surface area (Å²) < 4.78 is 15.1. The minimum Gasteiger partial charge on any atom is -0.481 e. The summed E-state index contributed by atoms with van der Waals surface area (Å²) in [5, 5.41) is 9.69. The number of hydrogen-bond donors (Lipinski definition) is 0. The average molecular weight is 402 g/mol. The number of benzene rings is 1. The number of carbonyl (C=O) groups excluding carboxylic acids is 3. The van der Waals surface area contributed by atoms with Gasteiger partial charge in [0.15, 0.2) is 6.10 Å². The maximum absolute atomic E-state index is 12.9. The minimum atomic E-state index is -0.925. The first-order chi connectivity index (χ1) is 13.8. The molecule has 0 saturated heterocycles. The van der Waals surface area contributed by atoms with Gasteiger partial charge in [-0.15, -0.1) is 0 Å². The molecule has 8 heteroatoms. The lowest BCUT2D eigenvalue weighted by Gasteiger charge is -2.40. The van der Waals surface area contributed by atoms with Crippen molar-refractivity contribution in [3.63, 3.8) is 0 Å². The Morgan fingerprint density at radius 3 is 2.00 bits per heavy atom. The second kappa shape index (κ2) is 9.41. The zero-order valence-corrected chi connectivity index (χ0v) is 17.2. The summed E-state index contributed by atoms with van der Waals surface area (Å²) in [6.45, 7) is 1.56. The number of amides is 1. The lowest BCUT2D eigenvalue weighted by Crippen LogP contribution is -2.53. The molecular formula is C21H26N2O6. The molecule has 2 rings (SSSR count). The van der Waals surface area contributed by atoms with E-state index in [1.54, 1.807) is 14.0 Å². The first kappa shape index (κ1) is 22.2. The van der Waals surface area contributed by atoms with Crippen LogP contribution < -0.4 is 4.74 Å². The van der Waals surface area contributed by atoms with Crippen molar-refractivity contribution in [2.75, 3.05) is 21.3 Å². The summed E-state index contributed by atoms with van der Waals surface area (Å²) in [6.07, 6.45) is 3.17. The van der Waals surface area contributed by atoms with Gasteiger partial charge in [-0.05, 0) is 38.0 Å². The number of nitrogens with zero attached hydrogens (tertiary/aromatic N) is 2. The first-order valence-corrected chi connectivity index (χ1v) is 9.45. The van der Waals surface area contributed by atoms with E-state index in [0.29, 0.717) is 12.8 Å². The minimum absolute atomic E-state index is 0.0965. The summed E-state index contributed by atoms with van der Waals surface area (Å²) in [5.41, 5.74) is -0.642. The van der Waals surface area contributed by atoms with Gasteiger partial charge in [-0.1, -0.05) is 19.3 Å². The van der Waals surface area contributed by atoms with Crippen LogP contribution in [0.15, 0.2) is 18.2 Å². The van der Waals surface area contributed by atoms with Gasteiger partial charge in [0.25, 0.3) is 5.91 Å². The van der Waals surface area contributed by atoms with E-state index in [1.165, 1.54) is 37.3 Å². The van der Waals surface area contributed by atoms with Crippen molar-refractivity contribution in [1.82, 2.24) is 4.90 Å². The van der Waals surface area contributed by atoms with E-state index in [0.717, 1.165) is 19.3 Å². The number of nitriles is 1. The molecule has 0 aliphatic heterocycles. The molecule has 1 aliphatic rings. The van der Waals surface area contributed by atoms with E-state index < -0.39 is 23.6 Å². The van der Waals surface area contributed by atoms with E-state index in [-0.39, 0.29) is 22.8 Å². The highest BCUT2D eigenvalue weighted by Crippen LogP contribution is 2.33. The first-order valence-electron chi connectivity index (χ1n) is 9.45. The second-order valence-electron chi connectivity index (χ2n) is 7.09. The monoisotopic (exact) mass is 402 g/mol. The molecule has 1 aromatic carbocycles. The molecule has 0 bridgehead atoms. The summed E-state index contributed by atoms with van der Waals surface area (Å²) in [5.74, 6) is -1.50. The fraction of sp³-hybridized carbons (Fsp3) is 0.524. The molecule has 1 saturated carbocycles. The molecule has 1 aliphatic carbocycles. The Balaban J connectivity index is 2.25. The molecule has 0 radical (unpaired) electrons. The highest BCUT2D eigenvalue weighted by molar-refractivity contribution is 5.96. The number of hydrogen-bond acceptors (Lipinski definition) is 7. The Bertz CT molecular complexity index is 789. The second-order valence-corrected chi connectivity index (χ2v) is 7.09. The maximum Gasteiger partial charge on any atom is 0.338 e. The number of esters is 2. The standard InChI is InChI=1S/C21H26N2O6/c1-14(18(24)23(2)21(13-22)8-6-5-7-9-21)29-17-11-15(19(25)27-3)10-16(12-17)20(26)28-4/h10-12,14H,5-9H2,1-4H3/t14-/m1/s1. The van der Waals surface area contributed by atoms with Crippen LogP contribution in [0.4, 0.5) is 0 Å². The van der Waals surface area contributed by atoms with Gasteiger partial charge < -0.3 is 19.1 Å². The highest BCUT2D eigenvalue weighted by Gasteiger charge is 2.40. The molecular weight excluding hydrogens is 376 g/mol. The molecule has 1 amide bonds. The SMILES string of the molecule is COC(=O)c1cc(O[C@H](C)C(=O)N(C)C2(C#N)CCCCC2)cc(C(=O)OC)c1. The molecule has 0 aromatic heterocycles. The van der Waals surface area contributed by atoms with Crippen LogP contribution in [0.25, 0.3) is 0 Å². The zero-order valence-electron chi connectivity index (χ0n) is 17.2. The predicted molar refractivity (Wildman–Crippen MR) is 103 cm³/mol.